The van der Waals surface area contributed by atoms with Gasteiger partial charge in [0, 0.05) is 12.7 Å². The van der Waals surface area contributed by atoms with E-state index < -0.39 is 6.04 Å². The number of ether oxygens (including phenoxy) is 1. The second-order valence-corrected chi connectivity index (χ2v) is 5.92. The average molecular weight is 342 g/mol. The quantitative estimate of drug-likeness (QED) is 0.803. The number of urea groups is 1. The SMILES string of the molecule is CCCc1ccccc1NC(=O)N(C)C(CO)c1ccc(OC)cc1. The molecule has 0 spiro atoms. The van der Waals surface area contributed by atoms with Gasteiger partial charge in [-0.2, -0.15) is 0 Å². The molecule has 2 amide bonds. The number of anilines is 1. The van der Waals surface area contributed by atoms with Gasteiger partial charge in [-0.05, 0) is 35.7 Å². The molecule has 0 aliphatic heterocycles. The van der Waals surface area contributed by atoms with Crippen LogP contribution in [0.3, 0.4) is 0 Å². The molecule has 1 unspecified atom stereocenters. The van der Waals surface area contributed by atoms with Crippen molar-refractivity contribution in [2.75, 3.05) is 26.1 Å². The normalized spacial score (nSPS) is 11.7. The number of amides is 2. The molecule has 5 heteroatoms. The van der Waals surface area contributed by atoms with Crippen molar-refractivity contribution in [2.45, 2.75) is 25.8 Å². The summed E-state index contributed by atoms with van der Waals surface area (Å²) in [7, 11) is 3.29. The Hall–Kier alpha value is -2.53. The number of nitrogens with zero attached hydrogens (tertiary/aromatic N) is 1. The molecule has 0 aromatic heterocycles. The number of hydrogen-bond acceptors (Lipinski definition) is 3. The lowest BCUT2D eigenvalue weighted by Gasteiger charge is -2.27. The molecular weight excluding hydrogens is 316 g/mol. The highest BCUT2D eigenvalue weighted by atomic mass is 16.5. The number of methoxy groups -OCH3 is 1. The number of benzene rings is 2. The third-order valence-electron chi connectivity index (χ3n) is 4.24. The summed E-state index contributed by atoms with van der Waals surface area (Å²) in [5.41, 5.74) is 2.77. The van der Waals surface area contributed by atoms with Crippen LogP contribution in [0.2, 0.25) is 0 Å². The molecule has 0 aliphatic rings. The molecule has 0 aliphatic carbocycles. The molecule has 0 heterocycles. The highest BCUT2D eigenvalue weighted by molar-refractivity contribution is 5.90. The lowest BCUT2D eigenvalue weighted by Crippen LogP contribution is -2.36. The molecule has 0 fully saturated rings. The number of carbonyl (C=O) groups is 1. The minimum absolute atomic E-state index is 0.160. The van der Waals surface area contributed by atoms with Crippen molar-refractivity contribution >= 4 is 11.7 Å². The van der Waals surface area contributed by atoms with Crippen molar-refractivity contribution in [3.8, 4) is 5.75 Å². The van der Waals surface area contributed by atoms with E-state index in [0.717, 1.165) is 35.4 Å². The largest absolute Gasteiger partial charge is 0.497 e. The van der Waals surface area contributed by atoms with Gasteiger partial charge in [-0.25, -0.2) is 4.79 Å². The Labute approximate surface area is 149 Å². The first-order valence-corrected chi connectivity index (χ1v) is 8.47. The Bertz CT molecular complexity index is 686. The van der Waals surface area contributed by atoms with Gasteiger partial charge in [0.25, 0.3) is 0 Å². The van der Waals surface area contributed by atoms with Crippen LogP contribution in [0.25, 0.3) is 0 Å². The van der Waals surface area contributed by atoms with Crippen LogP contribution in [0.4, 0.5) is 10.5 Å². The molecule has 2 rings (SSSR count). The van der Waals surface area contributed by atoms with E-state index in [2.05, 4.69) is 12.2 Å². The van der Waals surface area contributed by atoms with Crippen LogP contribution in [-0.2, 0) is 6.42 Å². The predicted octanol–water partition coefficient (Wildman–Crippen LogP) is 3.85. The molecule has 25 heavy (non-hydrogen) atoms. The van der Waals surface area contributed by atoms with Gasteiger partial charge in [-0.15, -0.1) is 0 Å². The molecule has 5 nitrogen and oxygen atoms in total. The van der Waals surface area contributed by atoms with Gasteiger partial charge >= 0.3 is 6.03 Å². The first-order chi connectivity index (χ1) is 12.1. The van der Waals surface area contributed by atoms with E-state index >= 15 is 0 Å². The van der Waals surface area contributed by atoms with Gasteiger partial charge < -0.3 is 20.1 Å². The van der Waals surface area contributed by atoms with Gasteiger partial charge in [0.05, 0.1) is 19.8 Å². The molecule has 0 radical (unpaired) electrons. The summed E-state index contributed by atoms with van der Waals surface area (Å²) >= 11 is 0. The Kier molecular flexibility index (Phi) is 6.83. The Morgan fingerprint density at radius 2 is 1.88 bits per heavy atom. The maximum atomic E-state index is 12.6. The van der Waals surface area contributed by atoms with Crippen LogP contribution < -0.4 is 10.1 Å². The third kappa shape index (κ3) is 4.73. The van der Waals surface area contributed by atoms with Gasteiger partial charge in [-0.1, -0.05) is 43.7 Å². The van der Waals surface area contributed by atoms with Crippen LogP contribution in [0.15, 0.2) is 48.5 Å². The topological polar surface area (TPSA) is 61.8 Å². The summed E-state index contributed by atoms with van der Waals surface area (Å²) in [6, 6.07) is 14.5. The fourth-order valence-corrected chi connectivity index (χ4v) is 2.75. The standard InChI is InChI=1S/C20H26N2O3/c1-4-7-15-8-5-6-9-18(15)21-20(24)22(2)19(14-23)16-10-12-17(25-3)13-11-16/h5-6,8-13,19,23H,4,7,14H2,1-3H3,(H,21,24). The molecule has 2 N–H and O–H groups in total. The number of carbonyl (C=O) groups excluding carboxylic acids is 1. The van der Waals surface area contributed by atoms with E-state index in [4.69, 9.17) is 4.74 Å². The summed E-state index contributed by atoms with van der Waals surface area (Å²) in [6.07, 6.45) is 1.91. The van der Waals surface area contributed by atoms with E-state index in [0.29, 0.717) is 0 Å². The zero-order chi connectivity index (χ0) is 18.2. The predicted molar refractivity (Wildman–Crippen MR) is 100 cm³/mol. The van der Waals surface area contributed by atoms with E-state index in [9.17, 15) is 9.90 Å². The zero-order valence-electron chi connectivity index (χ0n) is 15.0. The fourth-order valence-electron chi connectivity index (χ4n) is 2.75. The second-order valence-electron chi connectivity index (χ2n) is 5.92. The van der Waals surface area contributed by atoms with Crippen molar-refractivity contribution in [1.82, 2.24) is 4.90 Å². The number of para-hydroxylation sites is 1. The van der Waals surface area contributed by atoms with Gasteiger partial charge in [0.2, 0.25) is 0 Å². The number of nitrogens with one attached hydrogen (secondary N) is 1. The van der Waals surface area contributed by atoms with Crippen molar-refractivity contribution in [3.05, 3.63) is 59.7 Å². The van der Waals surface area contributed by atoms with Crippen molar-refractivity contribution in [1.29, 1.82) is 0 Å². The number of aliphatic hydroxyl groups is 1. The first kappa shape index (κ1) is 18.8. The van der Waals surface area contributed by atoms with E-state index in [1.165, 1.54) is 4.90 Å². The molecule has 134 valence electrons. The zero-order valence-corrected chi connectivity index (χ0v) is 15.0. The summed E-state index contributed by atoms with van der Waals surface area (Å²) in [4.78, 5) is 14.2. The summed E-state index contributed by atoms with van der Waals surface area (Å²) in [6.45, 7) is 1.95. The fraction of sp³-hybridized carbons (Fsp3) is 0.350. The number of rotatable bonds is 7. The Morgan fingerprint density at radius 1 is 1.20 bits per heavy atom. The van der Waals surface area contributed by atoms with Crippen molar-refractivity contribution < 1.29 is 14.6 Å². The molecule has 0 saturated heterocycles. The van der Waals surface area contributed by atoms with Crippen molar-refractivity contribution in [2.24, 2.45) is 0 Å². The van der Waals surface area contributed by atoms with Gasteiger partial charge in [0.1, 0.15) is 5.75 Å². The average Bonchev–Trinajstić information content (AvgIpc) is 2.64. The lowest BCUT2D eigenvalue weighted by molar-refractivity contribution is 0.159. The summed E-state index contributed by atoms with van der Waals surface area (Å²) in [5, 5.41) is 12.7. The van der Waals surface area contributed by atoms with Crippen LogP contribution in [0.1, 0.15) is 30.5 Å². The molecule has 2 aromatic rings. The minimum Gasteiger partial charge on any atom is -0.497 e. The van der Waals surface area contributed by atoms with E-state index in [-0.39, 0.29) is 12.6 Å². The number of likely N-dealkylation sites (N-methyl/N-ethyl adjacent to an activating group) is 1. The van der Waals surface area contributed by atoms with Crippen molar-refractivity contribution in [3.63, 3.8) is 0 Å². The maximum Gasteiger partial charge on any atom is 0.322 e. The van der Waals surface area contributed by atoms with Crippen LogP contribution in [-0.4, -0.2) is 36.8 Å². The molecular formula is C20H26N2O3. The Balaban J connectivity index is 2.14. The monoisotopic (exact) mass is 342 g/mol. The number of aryl methyl sites for hydroxylation is 1. The molecule has 2 aromatic carbocycles. The highest BCUT2D eigenvalue weighted by Gasteiger charge is 2.21. The van der Waals surface area contributed by atoms with E-state index in [1.807, 2.05) is 48.5 Å². The third-order valence-corrected chi connectivity index (χ3v) is 4.24. The van der Waals surface area contributed by atoms with Crippen LogP contribution >= 0.6 is 0 Å². The second kappa shape index (κ2) is 9.08. The molecule has 1 atom stereocenters. The number of hydrogen-bond donors (Lipinski definition) is 2. The highest BCUT2D eigenvalue weighted by Crippen LogP contribution is 2.23. The molecule has 0 bridgehead atoms. The minimum atomic E-state index is -0.427. The maximum absolute atomic E-state index is 12.6. The van der Waals surface area contributed by atoms with Crippen LogP contribution in [0, 0.1) is 0 Å². The first-order valence-electron chi connectivity index (χ1n) is 8.47. The number of aliphatic hydroxyl groups excluding tert-OH is 1. The summed E-state index contributed by atoms with van der Waals surface area (Å²) in [5.74, 6) is 0.737. The summed E-state index contributed by atoms with van der Waals surface area (Å²) < 4.78 is 5.15. The van der Waals surface area contributed by atoms with Gasteiger partial charge in [-0.3, -0.25) is 0 Å². The van der Waals surface area contributed by atoms with E-state index in [1.54, 1.807) is 14.2 Å². The smallest absolute Gasteiger partial charge is 0.322 e. The molecule has 0 saturated carbocycles. The van der Waals surface area contributed by atoms with Gasteiger partial charge in [0.15, 0.2) is 0 Å². The van der Waals surface area contributed by atoms with Crippen LogP contribution in [0.5, 0.6) is 5.75 Å². The Morgan fingerprint density at radius 3 is 2.48 bits per heavy atom. The lowest BCUT2D eigenvalue weighted by atomic mass is 10.1.